The molecule has 0 spiro atoms. The molecule has 4 N–H and O–H groups in total. The lowest BCUT2D eigenvalue weighted by molar-refractivity contribution is -0.129. The van der Waals surface area contributed by atoms with Crippen LogP contribution in [-0.4, -0.2) is 71.1 Å². The highest BCUT2D eigenvalue weighted by Crippen LogP contribution is 2.43. The molecule has 2 heterocycles. The van der Waals surface area contributed by atoms with E-state index in [9.17, 15) is 15.0 Å². The maximum atomic E-state index is 12.6. The second-order valence-corrected chi connectivity index (χ2v) is 11.0. The van der Waals surface area contributed by atoms with Crippen molar-refractivity contribution in [2.45, 2.75) is 81.4 Å². The molecule has 6 unspecified atom stereocenters. The SMILES string of the molecule is CCCSc1nc(NC2CC2c2ccccc2)c2nnn(C3CC(C(=O)NC(C)C)C(O)C3O)c2n1. The molecule has 11 heteroatoms. The summed E-state index contributed by atoms with van der Waals surface area (Å²) in [6.07, 6.45) is -0.143. The Kier molecular flexibility index (Phi) is 7.14. The molecule has 0 bridgehead atoms. The number of aromatic nitrogens is 5. The topological polar surface area (TPSA) is 138 Å². The van der Waals surface area contributed by atoms with Gasteiger partial charge in [0.2, 0.25) is 5.91 Å². The number of nitrogens with one attached hydrogen (secondary N) is 2. The normalized spacial score (nSPS) is 27.5. The second kappa shape index (κ2) is 10.3. The molecule has 0 radical (unpaired) electrons. The number of fused-ring (bicyclic) bond motifs is 1. The fraction of sp³-hybridized carbons (Fsp3) is 0.560. The van der Waals surface area contributed by atoms with Crippen molar-refractivity contribution in [3.63, 3.8) is 0 Å². The molecule has 5 rings (SSSR count). The predicted octanol–water partition coefficient (Wildman–Crippen LogP) is 2.50. The molecule has 192 valence electrons. The van der Waals surface area contributed by atoms with E-state index in [0.29, 0.717) is 28.1 Å². The summed E-state index contributed by atoms with van der Waals surface area (Å²) in [6.45, 7) is 5.83. The third-order valence-electron chi connectivity index (χ3n) is 6.81. The van der Waals surface area contributed by atoms with Gasteiger partial charge >= 0.3 is 0 Å². The number of amides is 1. The van der Waals surface area contributed by atoms with E-state index in [1.54, 1.807) is 16.4 Å². The first kappa shape index (κ1) is 24.9. The van der Waals surface area contributed by atoms with Gasteiger partial charge in [0.15, 0.2) is 22.1 Å². The molecule has 2 aliphatic carbocycles. The first-order chi connectivity index (χ1) is 17.4. The number of nitrogens with zero attached hydrogens (tertiary/aromatic N) is 5. The number of rotatable bonds is 9. The van der Waals surface area contributed by atoms with Crippen molar-refractivity contribution in [1.82, 2.24) is 30.3 Å². The maximum absolute atomic E-state index is 12.6. The van der Waals surface area contributed by atoms with Crippen molar-refractivity contribution in [1.29, 1.82) is 0 Å². The number of carbonyl (C=O) groups is 1. The Morgan fingerprint density at radius 2 is 1.94 bits per heavy atom. The summed E-state index contributed by atoms with van der Waals surface area (Å²) in [5, 5.41) is 37.2. The van der Waals surface area contributed by atoms with Crippen LogP contribution in [0.1, 0.15) is 57.6 Å². The molecule has 36 heavy (non-hydrogen) atoms. The number of hydrogen-bond donors (Lipinski definition) is 4. The molecule has 6 atom stereocenters. The van der Waals surface area contributed by atoms with E-state index < -0.39 is 24.2 Å². The van der Waals surface area contributed by atoms with Gasteiger partial charge in [0.05, 0.1) is 18.1 Å². The van der Waals surface area contributed by atoms with Crippen LogP contribution in [0.4, 0.5) is 5.82 Å². The summed E-state index contributed by atoms with van der Waals surface area (Å²) in [4.78, 5) is 22.1. The molecule has 3 aromatic rings. The van der Waals surface area contributed by atoms with Crippen LogP contribution >= 0.6 is 11.8 Å². The Labute approximate surface area is 214 Å². The zero-order valence-electron chi connectivity index (χ0n) is 20.7. The van der Waals surface area contributed by atoms with E-state index in [2.05, 4.69) is 52.1 Å². The van der Waals surface area contributed by atoms with E-state index in [1.165, 1.54) is 5.56 Å². The lowest BCUT2D eigenvalue weighted by atomic mass is 10.0. The molecule has 2 aliphatic rings. The highest BCUT2D eigenvalue weighted by molar-refractivity contribution is 7.99. The Morgan fingerprint density at radius 1 is 1.17 bits per heavy atom. The predicted molar refractivity (Wildman–Crippen MR) is 138 cm³/mol. The van der Waals surface area contributed by atoms with Gasteiger partial charge < -0.3 is 20.8 Å². The molecule has 2 saturated carbocycles. The zero-order valence-corrected chi connectivity index (χ0v) is 21.5. The summed E-state index contributed by atoms with van der Waals surface area (Å²) >= 11 is 1.56. The first-order valence-corrected chi connectivity index (χ1v) is 13.6. The average molecular weight is 512 g/mol. The quantitative estimate of drug-likeness (QED) is 0.252. The summed E-state index contributed by atoms with van der Waals surface area (Å²) in [7, 11) is 0. The van der Waals surface area contributed by atoms with Crippen LogP contribution in [0.5, 0.6) is 0 Å². The van der Waals surface area contributed by atoms with Crippen LogP contribution in [0.15, 0.2) is 35.5 Å². The lowest BCUT2D eigenvalue weighted by Gasteiger charge is -2.18. The molecule has 2 fully saturated rings. The molecule has 0 aliphatic heterocycles. The third-order valence-corrected chi connectivity index (χ3v) is 7.87. The number of anilines is 1. The zero-order chi connectivity index (χ0) is 25.4. The Balaban J connectivity index is 1.44. The monoisotopic (exact) mass is 511 g/mol. The number of aliphatic hydroxyl groups is 2. The Morgan fingerprint density at radius 3 is 2.67 bits per heavy atom. The highest BCUT2D eigenvalue weighted by atomic mass is 32.2. The van der Waals surface area contributed by atoms with E-state index in [-0.39, 0.29) is 24.4 Å². The number of benzene rings is 1. The van der Waals surface area contributed by atoms with Gasteiger partial charge in [-0.15, -0.1) is 5.10 Å². The minimum absolute atomic E-state index is 0.0604. The number of hydrogen-bond acceptors (Lipinski definition) is 9. The van der Waals surface area contributed by atoms with E-state index in [4.69, 9.17) is 9.97 Å². The van der Waals surface area contributed by atoms with Crippen molar-refractivity contribution in [3.05, 3.63) is 35.9 Å². The molecular formula is C25H33N7O3S. The van der Waals surface area contributed by atoms with E-state index in [0.717, 1.165) is 18.6 Å². The van der Waals surface area contributed by atoms with Crippen molar-refractivity contribution in [2.75, 3.05) is 11.1 Å². The number of aliphatic hydroxyl groups excluding tert-OH is 2. The van der Waals surface area contributed by atoms with Crippen molar-refractivity contribution in [3.8, 4) is 0 Å². The van der Waals surface area contributed by atoms with Gasteiger partial charge in [-0.1, -0.05) is 54.2 Å². The summed E-state index contributed by atoms with van der Waals surface area (Å²) in [5.74, 6) is 0.879. The minimum Gasteiger partial charge on any atom is -0.390 e. The van der Waals surface area contributed by atoms with Crippen LogP contribution in [0.3, 0.4) is 0 Å². The molecule has 2 aromatic heterocycles. The van der Waals surface area contributed by atoms with Gasteiger partial charge in [0.25, 0.3) is 0 Å². The summed E-state index contributed by atoms with van der Waals surface area (Å²) < 4.78 is 1.55. The van der Waals surface area contributed by atoms with Gasteiger partial charge in [-0.25, -0.2) is 14.6 Å². The maximum Gasteiger partial charge on any atom is 0.226 e. The van der Waals surface area contributed by atoms with Gasteiger partial charge in [0, 0.05) is 23.8 Å². The molecule has 1 aromatic carbocycles. The van der Waals surface area contributed by atoms with Crippen LogP contribution in [-0.2, 0) is 4.79 Å². The standard InChI is InChI=1S/C25H33N7O3S/c1-4-10-36-25-28-22(27-17-11-15(17)14-8-6-5-7-9-14)19-23(29-25)32(31-30-19)18-12-16(20(33)21(18)34)24(35)26-13(2)3/h5-9,13,15-18,20-21,33-34H,4,10-12H2,1-3H3,(H,26,35)(H,27,28,29). The second-order valence-electron chi connectivity index (χ2n) is 9.97. The summed E-state index contributed by atoms with van der Waals surface area (Å²) in [6, 6.07) is 9.95. The third kappa shape index (κ3) is 4.91. The van der Waals surface area contributed by atoms with Crippen molar-refractivity contribution in [2.24, 2.45) is 5.92 Å². The van der Waals surface area contributed by atoms with Crippen LogP contribution in [0.2, 0.25) is 0 Å². The molecule has 1 amide bonds. The largest absolute Gasteiger partial charge is 0.390 e. The van der Waals surface area contributed by atoms with Crippen LogP contribution in [0.25, 0.3) is 11.2 Å². The van der Waals surface area contributed by atoms with Crippen LogP contribution < -0.4 is 10.6 Å². The fourth-order valence-electron chi connectivity index (χ4n) is 4.89. The molecule has 10 nitrogen and oxygen atoms in total. The Hall–Kier alpha value is -2.76. The smallest absolute Gasteiger partial charge is 0.226 e. The van der Waals surface area contributed by atoms with Gasteiger partial charge in [0.1, 0.15) is 6.10 Å². The fourth-order valence-corrected chi connectivity index (χ4v) is 5.59. The Bertz CT molecular complexity index is 1220. The van der Waals surface area contributed by atoms with Crippen LogP contribution in [0, 0.1) is 5.92 Å². The molecular weight excluding hydrogens is 478 g/mol. The number of thioether (sulfide) groups is 1. The van der Waals surface area contributed by atoms with Gasteiger partial charge in [-0.3, -0.25) is 4.79 Å². The number of carbonyl (C=O) groups excluding carboxylic acids is 1. The van der Waals surface area contributed by atoms with E-state index >= 15 is 0 Å². The van der Waals surface area contributed by atoms with Gasteiger partial charge in [-0.05, 0) is 38.7 Å². The van der Waals surface area contributed by atoms with Gasteiger partial charge in [-0.2, -0.15) is 0 Å². The lowest BCUT2D eigenvalue weighted by Crippen LogP contribution is -2.40. The minimum atomic E-state index is -1.19. The summed E-state index contributed by atoms with van der Waals surface area (Å²) in [5.41, 5.74) is 2.30. The molecule has 0 saturated heterocycles. The van der Waals surface area contributed by atoms with Crippen molar-refractivity contribution < 1.29 is 15.0 Å². The van der Waals surface area contributed by atoms with Crippen molar-refractivity contribution >= 4 is 34.7 Å². The van der Waals surface area contributed by atoms with E-state index in [1.807, 2.05) is 19.9 Å². The first-order valence-electron chi connectivity index (χ1n) is 12.6. The average Bonchev–Trinajstić information content (AvgIpc) is 3.40. The highest BCUT2D eigenvalue weighted by Gasteiger charge is 2.47.